The van der Waals surface area contributed by atoms with Crippen LogP contribution >= 0.6 is 0 Å². The third-order valence-corrected chi connectivity index (χ3v) is 5.02. The van der Waals surface area contributed by atoms with Gasteiger partial charge in [0.2, 0.25) is 11.8 Å². The standard InChI is InChI=1S/C19H28N2O4/c1-6-13(2)20-18(23)19(3)10-9-17(22)21(19)12-14-11-15(24-4)7-8-16(14)25-5/h7-8,11,13H,6,9-10,12H2,1-5H3,(H,20,23)/t13-,19+/m0/s1. The van der Waals surface area contributed by atoms with E-state index in [4.69, 9.17) is 9.47 Å². The minimum Gasteiger partial charge on any atom is -0.497 e. The van der Waals surface area contributed by atoms with Gasteiger partial charge in [-0.1, -0.05) is 6.92 Å². The summed E-state index contributed by atoms with van der Waals surface area (Å²) in [6.07, 6.45) is 1.73. The number of carbonyl (C=O) groups excluding carboxylic acids is 2. The Labute approximate surface area is 149 Å². The first-order chi connectivity index (χ1) is 11.8. The molecule has 1 heterocycles. The summed E-state index contributed by atoms with van der Waals surface area (Å²) in [5, 5.41) is 3.01. The molecule has 1 aliphatic rings. The highest BCUT2D eigenvalue weighted by molar-refractivity contribution is 5.94. The van der Waals surface area contributed by atoms with Crippen molar-refractivity contribution in [3.63, 3.8) is 0 Å². The average Bonchev–Trinajstić information content (AvgIpc) is 2.91. The maximum absolute atomic E-state index is 12.8. The van der Waals surface area contributed by atoms with Gasteiger partial charge in [-0.3, -0.25) is 9.59 Å². The van der Waals surface area contributed by atoms with E-state index in [1.54, 1.807) is 19.1 Å². The highest BCUT2D eigenvalue weighted by Gasteiger charge is 2.47. The number of carbonyl (C=O) groups is 2. The highest BCUT2D eigenvalue weighted by Crippen LogP contribution is 2.34. The maximum Gasteiger partial charge on any atom is 0.245 e. The van der Waals surface area contributed by atoms with Crippen molar-refractivity contribution < 1.29 is 19.1 Å². The first-order valence-corrected chi connectivity index (χ1v) is 8.68. The maximum atomic E-state index is 12.8. The van der Waals surface area contributed by atoms with E-state index in [9.17, 15) is 9.59 Å². The Balaban J connectivity index is 2.29. The molecule has 1 aromatic rings. The lowest BCUT2D eigenvalue weighted by atomic mass is 9.96. The number of nitrogens with zero attached hydrogens (tertiary/aromatic N) is 1. The van der Waals surface area contributed by atoms with Gasteiger partial charge in [-0.25, -0.2) is 0 Å². The number of rotatable bonds is 7. The molecule has 0 bridgehead atoms. The van der Waals surface area contributed by atoms with Crippen LogP contribution in [0.5, 0.6) is 11.5 Å². The quantitative estimate of drug-likeness (QED) is 0.822. The van der Waals surface area contributed by atoms with Crippen LogP contribution < -0.4 is 14.8 Å². The van der Waals surface area contributed by atoms with Gasteiger partial charge < -0.3 is 19.7 Å². The Morgan fingerprint density at radius 3 is 2.68 bits per heavy atom. The molecule has 0 unspecified atom stereocenters. The minimum absolute atomic E-state index is 0.0216. The Morgan fingerprint density at radius 1 is 1.36 bits per heavy atom. The van der Waals surface area contributed by atoms with E-state index in [-0.39, 0.29) is 17.9 Å². The number of ether oxygens (including phenoxy) is 2. The third-order valence-electron chi connectivity index (χ3n) is 5.02. The predicted octanol–water partition coefficient (Wildman–Crippen LogP) is 2.50. The van der Waals surface area contributed by atoms with Crippen molar-refractivity contribution in [2.45, 2.75) is 58.2 Å². The summed E-state index contributed by atoms with van der Waals surface area (Å²) < 4.78 is 10.7. The summed E-state index contributed by atoms with van der Waals surface area (Å²) >= 11 is 0. The molecule has 138 valence electrons. The molecule has 25 heavy (non-hydrogen) atoms. The van der Waals surface area contributed by atoms with Crippen LogP contribution in [-0.4, -0.2) is 42.5 Å². The summed E-state index contributed by atoms with van der Waals surface area (Å²) in [5.41, 5.74) is -0.0334. The van der Waals surface area contributed by atoms with Crippen molar-refractivity contribution >= 4 is 11.8 Å². The van der Waals surface area contributed by atoms with Crippen LogP contribution in [0.4, 0.5) is 0 Å². The molecule has 0 spiro atoms. The van der Waals surface area contributed by atoms with Crippen LogP contribution in [0, 0.1) is 0 Å². The molecule has 2 amide bonds. The average molecular weight is 348 g/mol. The van der Waals surface area contributed by atoms with Crippen LogP contribution in [0.2, 0.25) is 0 Å². The van der Waals surface area contributed by atoms with Crippen LogP contribution in [0.15, 0.2) is 18.2 Å². The zero-order chi connectivity index (χ0) is 18.6. The molecule has 0 radical (unpaired) electrons. The van der Waals surface area contributed by atoms with Gasteiger partial charge in [0.1, 0.15) is 17.0 Å². The fourth-order valence-electron chi connectivity index (χ4n) is 3.05. The molecular formula is C19H28N2O4. The van der Waals surface area contributed by atoms with Crippen molar-refractivity contribution in [2.24, 2.45) is 0 Å². The number of likely N-dealkylation sites (tertiary alicyclic amines) is 1. The van der Waals surface area contributed by atoms with Crippen molar-refractivity contribution in [2.75, 3.05) is 14.2 Å². The summed E-state index contributed by atoms with van der Waals surface area (Å²) in [4.78, 5) is 26.9. The second kappa shape index (κ2) is 7.76. The largest absolute Gasteiger partial charge is 0.497 e. The lowest BCUT2D eigenvalue weighted by Crippen LogP contribution is -2.55. The molecule has 0 saturated carbocycles. The van der Waals surface area contributed by atoms with Crippen molar-refractivity contribution in [1.82, 2.24) is 10.2 Å². The normalized spacial score (nSPS) is 21.2. The van der Waals surface area contributed by atoms with Crippen LogP contribution in [0.25, 0.3) is 0 Å². The molecule has 0 aromatic heterocycles. The van der Waals surface area contributed by atoms with Crippen molar-refractivity contribution in [3.05, 3.63) is 23.8 Å². The van der Waals surface area contributed by atoms with Gasteiger partial charge >= 0.3 is 0 Å². The summed E-state index contributed by atoms with van der Waals surface area (Å²) in [6, 6.07) is 5.54. The predicted molar refractivity (Wildman–Crippen MR) is 95.6 cm³/mol. The molecule has 1 saturated heterocycles. The van der Waals surface area contributed by atoms with Gasteiger partial charge in [-0.2, -0.15) is 0 Å². The monoisotopic (exact) mass is 348 g/mol. The van der Waals surface area contributed by atoms with Crippen molar-refractivity contribution in [3.8, 4) is 11.5 Å². The van der Waals surface area contributed by atoms with Crippen LogP contribution in [0.3, 0.4) is 0 Å². The number of benzene rings is 1. The van der Waals surface area contributed by atoms with Crippen molar-refractivity contribution in [1.29, 1.82) is 0 Å². The second-order valence-corrected chi connectivity index (χ2v) is 6.71. The van der Waals surface area contributed by atoms with Crippen LogP contribution in [-0.2, 0) is 16.1 Å². The minimum atomic E-state index is -0.853. The molecule has 1 N–H and O–H groups in total. The van der Waals surface area contributed by atoms with E-state index in [0.29, 0.717) is 30.9 Å². The number of hydrogen-bond donors (Lipinski definition) is 1. The number of methoxy groups -OCH3 is 2. The van der Waals surface area contributed by atoms with Gasteiger partial charge in [0.05, 0.1) is 20.8 Å². The van der Waals surface area contributed by atoms with Gasteiger partial charge in [0, 0.05) is 18.0 Å². The fourth-order valence-corrected chi connectivity index (χ4v) is 3.05. The third kappa shape index (κ3) is 3.89. The first-order valence-electron chi connectivity index (χ1n) is 8.68. The Hall–Kier alpha value is -2.24. The smallest absolute Gasteiger partial charge is 0.245 e. The molecular weight excluding hydrogens is 320 g/mol. The van der Waals surface area contributed by atoms with E-state index in [1.165, 1.54) is 0 Å². The fraction of sp³-hybridized carbons (Fsp3) is 0.579. The van der Waals surface area contributed by atoms with E-state index in [2.05, 4.69) is 5.32 Å². The number of amides is 2. The Kier molecular flexibility index (Phi) is 5.93. The summed E-state index contributed by atoms with van der Waals surface area (Å²) in [7, 11) is 3.18. The van der Waals surface area contributed by atoms with Gasteiger partial charge in [0.15, 0.2) is 0 Å². The Bertz CT molecular complexity index is 646. The second-order valence-electron chi connectivity index (χ2n) is 6.71. The first kappa shape index (κ1) is 19.1. The lowest BCUT2D eigenvalue weighted by molar-refractivity contribution is -0.141. The molecule has 2 rings (SSSR count). The molecule has 6 nitrogen and oxygen atoms in total. The molecule has 1 aromatic carbocycles. The van der Waals surface area contributed by atoms with E-state index < -0.39 is 5.54 Å². The number of nitrogens with one attached hydrogen (secondary N) is 1. The van der Waals surface area contributed by atoms with Crippen LogP contribution in [0.1, 0.15) is 45.6 Å². The molecule has 0 aliphatic carbocycles. The molecule has 6 heteroatoms. The van der Waals surface area contributed by atoms with E-state index in [1.807, 2.05) is 39.0 Å². The van der Waals surface area contributed by atoms with E-state index in [0.717, 1.165) is 12.0 Å². The van der Waals surface area contributed by atoms with Gasteiger partial charge in [-0.15, -0.1) is 0 Å². The number of hydrogen-bond acceptors (Lipinski definition) is 4. The molecule has 1 fully saturated rings. The Morgan fingerprint density at radius 2 is 2.08 bits per heavy atom. The summed E-state index contributed by atoms with van der Waals surface area (Å²) in [5.74, 6) is 1.24. The topological polar surface area (TPSA) is 67.9 Å². The van der Waals surface area contributed by atoms with E-state index >= 15 is 0 Å². The zero-order valence-electron chi connectivity index (χ0n) is 15.7. The van der Waals surface area contributed by atoms with Gasteiger partial charge in [0.25, 0.3) is 0 Å². The summed E-state index contributed by atoms with van der Waals surface area (Å²) in [6.45, 7) is 6.13. The van der Waals surface area contributed by atoms with Gasteiger partial charge in [-0.05, 0) is 44.9 Å². The zero-order valence-corrected chi connectivity index (χ0v) is 15.7. The SMILES string of the molecule is CC[C@H](C)NC(=O)[C@@]1(C)CCC(=O)N1Cc1cc(OC)ccc1OC. The molecule has 2 atom stereocenters. The molecule has 1 aliphatic heterocycles. The highest BCUT2D eigenvalue weighted by atomic mass is 16.5. The lowest BCUT2D eigenvalue weighted by Gasteiger charge is -2.35.